The van der Waals surface area contributed by atoms with Gasteiger partial charge in [-0.1, -0.05) is 28.1 Å². The lowest BCUT2D eigenvalue weighted by atomic mass is 9.49. The average molecular weight is 390 g/mol. The van der Waals surface area contributed by atoms with E-state index in [1.165, 1.54) is 19.3 Å². The van der Waals surface area contributed by atoms with Crippen LogP contribution < -0.4 is 0 Å². The number of carbonyl (C=O) groups is 1. The maximum Gasteiger partial charge on any atom is 0.312 e. The van der Waals surface area contributed by atoms with Crippen LogP contribution in [0, 0.1) is 17.3 Å². The quantitative estimate of drug-likeness (QED) is 0.568. The van der Waals surface area contributed by atoms with Crippen molar-refractivity contribution in [3.63, 3.8) is 0 Å². The van der Waals surface area contributed by atoms with E-state index in [-0.39, 0.29) is 22.3 Å². The summed E-state index contributed by atoms with van der Waals surface area (Å²) in [7, 11) is 0. The molecule has 0 aliphatic heterocycles. The zero-order valence-corrected chi connectivity index (χ0v) is 15.0. The molecule has 5 heteroatoms. The highest BCUT2D eigenvalue weighted by Gasteiger charge is 2.60. The van der Waals surface area contributed by atoms with E-state index in [0.29, 0.717) is 17.7 Å². The van der Waals surface area contributed by atoms with E-state index in [0.717, 1.165) is 30.4 Å². The Morgan fingerprint density at radius 2 is 2.00 bits per heavy atom. The fourth-order valence-electron chi connectivity index (χ4n) is 5.65. The molecule has 1 aromatic heterocycles. The van der Waals surface area contributed by atoms with Crippen LogP contribution in [0.2, 0.25) is 0 Å². The van der Waals surface area contributed by atoms with Gasteiger partial charge in [-0.25, -0.2) is 4.98 Å². The molecular weight excluding hydrogens is 370 g/mol. The van der Waals surface area contributed by atoms with Crippen LogP contribution in [0.3, 0.4) is 0 Å². The molecule has 2 atom stereocenters. The van der Waals surface area contributed by atoms with Crippen molar-refractivity contribution in [1.29, 1.82) is 0 Å². The van der Waals surface area contributed by atoms with Crippen molar-refractivity contribution in [1.82, 2.24) is 4.98 Å². The minimum Gasteiger partial charge on any atom is -0.455 e. The van der Waals surface area contributed by atoms with E-state index in [9.17, 15) is 4.79 Å². The van der Waals surface area contributed by atoms with Gasteiger partial charge in [0.2, 0.25) is 5.89 Å². The Kier molecular flexibility index (Phi) is 3.16. The SMILES string of the molecule is O=C(OCc1nc2ccccc2o1)C12CC3CC(CC(Br)(C3)C1)C2. The normalized spacial score (nSPS) is 37.0. The predicted octanol–water partition coefficient (Wildman–Crippen LogP) is 4.60. The third-order valence-electron chi connectivity index (χ3n) is 6.09. The van der Waals surface area contributed by atoms with Gasteiger partial charge in [-0.2, -0.15) is 0 Å². The minimum absolute atomic E-state index is 0.0531. The Bertz CT molecular complexity index is 767. The fourth-order valence-corrected chi connectivity index (χ4v) is 7.10. The standard InChI is InChI=1S/C19H20BrNO3/c20-19-8-12-5-13(9-19)7-18(6-12,11-19)17(22)23-10-16-21-14-3-1-2-4-15(14)24-16/h1-4,12-13H,5-11H2. The number of fused-ring (bicyclic) bond motifs is 1. The lowest BCUT2D eigenvalue weighted by molar-refractivity contribution is -0.171. The van der Waals surface area contributed by atoms with Gasteiger partial charge in [0.05, 0.1) is 5.41 Å². The number of oxazole rings is 1. The first kappa shape index (κ1) is 14.9. The highest BCUT2D eigenvalue weighted by molar-refractivity contribution is 9.10. The number of alkyl halides is 1. The maximum absolute atomic E-state index is 12.9. The third kappa shape index (κ3) is 2.32. The number of para-hydroxylation sites is 2. The Balaban J connectivity index is 1.33. The van der Waals surface area contributed by atoms with Crippen molar-refractivity contribution < 1.29 is 13.9 Å². The van der Waals surface area contributed by atoms with Crippen molar-refractivity contribution in [3.05, 3.63) is 30.2 Å². The Morgan fingerprint density at radius 1 is 1.25 bits per heavy atom. The summed E-state index contributed by atoms with van der Waals surface area (Å²) < 4.78 is 11.5. The van der Waals surface area contributed by atoms with E-state index in [1.807, 2.05) is 24.3 Å². The summed E-state index contributed by atoms with van der Waals surface area (Å²) in [6, 6.07) is 7.61. The molecule has 0 amide bonds. The van der Waals surface area contributed by atoms with E-state index >= 15 is 0 Å². The summed E-state index contributed by atoms with van der Waals surface area (Å²) in [5.41, 5.74) is 1.25. The molecule has 6 rings (SSSR count). The van der Waals surface area contributed by atoms with Crippen LogP contribution in [-0.4, -0.2) is 15.3 Å². The topological polar surface area (TPSA) is 52.3 Å². The lowest BCUT2D eigenvalue weighted by Crippen LogP contribution is -2.56. The number of halogens is 1. The van der Waals surface area contributed by atoms with Crippen LogP contribution in [-0.2, 0) is 16.1 Å². The molecule has 4 nitrogen and oxygen atoms in total. The summed E-state index contributed by atoms with van der Waals surface area (Å²) in [5.74, 6) is 1.76. The first-order valence-corrected chi connectivity index (χ1v) is 9.54. The van der Waals surface area contributed by atoms with Gasteiger partial charge >= 0.3 is 5.97 Å². The molecule has 1 aromatic carbocycles. The summed E-state index contributed by atoms with van der Waals surface area (Å²) in [5, 5.41) is 0. The predicted molar refractivity (Wildman–Crippen MR) is 92.6 cm³/mol. The molecule has 126 valence electrons. The minimum atomic E-state index is -0.292. The zero-order chi connectivity index (χ0) is 16.4. The van der Waals surface area contributed by atoms with Crippen molar-refractivity contribution in [2.75, 3.05) is 0 Å². The molecule has 0 spiro atoms. The molecule has 4 bridgehead atoms. The Hall–Kier alpha value is -1.36. The number of esters is 1. The number of hydrogen-bond acceptors (Lipinski definition) is 4. The number of hydrogen-bond donors (Lipinski definition) is 0. The summed E-state index contributed by atoms with van der Waals surface area (Å²) in [6.45, 7) is 0.125. The van der Waals surface area contributed by atoms with Crippen molar-refractivity contribution in [2.45, 2.75) is 49.5 Å². The number of ether oxygens (including phenoxy) is 1. The molecule has 24 heavy (non-hydrogen) atoms. The first-order valence-electron chi connectivity index (χ1n) is 8.74. The van der Waals surface area contributed by atoms with Gasteiger partial charge < -0.3 is 9.15 Å². The van der Waals surface area contributed by atoms with Gasteiger partial charge in [-0.15, -0.1) is 0 Å². The molecular formula is C19H20BrNO3. The van der Waals surface area contributed by atoms with Crippen molar-refractivity contribution in [2.24, 2.45) is 17.3 Å². The molecule has 0 saturated heterocycles. The number of benzene rings is 1. The highest BCUT2D eigenvalue weighted by atomic mass is 79.9. The lowest BCUT2D eigenvalue weighted by Gasteiger charge is -2.58. The molecule has 2 aromatic rings. The number of rotatable bonds is 3. The average Bonchev–Trinajstić information content (AvgIpc) is 2.93. The second-order valence-corrected chi connectivity index (χ2v) is 9.73. The van der Waals surface area contributed by atoms with Gasteiger partial charge in [0.15, 0.2) is 12.2 Å². The van der Waals surface area contributed by atoms with Gasteiger partial charge in [0, 0.05) is 4.32 Å². The van der Waals surface area contributed by atoms with Crippen molar-refractivity contribution >= 4 is 33.0 Å². The molecule has 4 aliphatic rings. The van der Waals surface area contributed by atoms with Crippen LogP contribution in [0.15, 0.2) is 28.7 Å². The number of nitrogens with zero attached hydrogens (tertiary/aromatic N) is 1. The molecule has 2 unspecified atom stereocenters. The second kappa shape index (κ2) is 5.07. The summed E-state index contributed by atoms with van der Waals surface area (Å²) >= 11 is 3.94. The molecule has 1 heterocycles. The molecule has 4 fully saturated rings. The van der Waals surface area contributed by atoms with Gasteiger partial charge in [-0.3, -0.25) is 4.79 Å². The molecule has 4 saturated carbocycles. The van der Waals surface area contributed by atoms with Crippen LogP contribution >= 0.6 is 15.9 Å². The largest absolute Gasteiger partial charge is 0.455 e. The molecule has 0 radical (unpaired) electrons. The fraction of sp³-hybridized carbons (Fsp3) is 0.579. The van der Waals surface area contributed by atoms with E-state index in [4.69, 9.17) is 9.15 Å². The van der Waals surface area contributed by atoms with E-state index < -0.39 is 0 Å². The highest BCUT2D eigenvalue weighted by Crippen LogP contribution is 2.64. The van der Waals surface area contributed by atoms with Crippen LogP contribution in [0.1, 0.15) is 44.4 Å². The van der Waals surface area contributed by atoms with Gasteiger partial charge in [0.1, 0.15) is 5.52 Å². The zero-order valence-electron chi connectivity index (χ0n) is 13.5. The number of aromatic nitrogens is 1. The van der Waals surface area contributed by atoms with Gasteiger partial charge in [-0.05, 0) is 62.5 Å². The monoisotopic (exact) mass is 389 g/mol. The van der Waals surface area contributed by atoms with Crippen LogP contribution in [0.4, 0.5) is 0 Å². The molecule has 0 N–H and O–H groups in total. The molecule has 4 aliphatic carbocycles. The van der Waals surface area contributed by atoms with Crippen LogP contribution in [0.25, 0.3) is 11.1 Å². The number of carbonyl (C=O) groups excluding carboxylic acids is 1. The van der Waals surface area contributed by atoms with Crippen LogP contribution in [0.5, 0.6) is 0 Å². The smallest absolute Gasteiger partial charge is 0.312 e. The van der Waals surface area contributed by atoms with Crippen molar-refractivity contribution in [3.8, 4) is 0 Å². The van der Waals surface area contributed by atoms with E-state index in [1.54, 1.807) is 0 Å². The summed E-state index contributed by atoms with van der Waals surface area (Å²) in [4.78, 5) is 17.3. The third-order valence-corrected chi connectivity index (χ3v) is 7.02. The Labute approximate surface area is 149 Å². The first-order chi connectivity index (χ1) is 11.5. The van der Waals surface area contributed by atoms with E-state index in [2.05, 4.69) is 20.9 Å². The second-order valence-electron chi connectivity index (χ2n) is 8.04. The maximum atomic E-state index is 12.9. The summed E-state index contributed by atoms with van der Waals surface area (Å²) in [6.07, 6.45) is 6.60. The Morgan fingerprint density at radius 3 is 2.71 bits per heavy atom. The van der Waals surface area contributed by atoms with Gasteiger partial charge in [0.25, 0.3) is 0 Å².